The van der Waals surface area contributed by atoms with Crippen molar-refractivity contribution in [1.29, 1.82) is 0 Å². The van der Waals surface area contributed by atoms with Crippen molar-refractivity contribution in [3.8, 4) is 11.5 Å². The van der Waals surface area contributed by atoms with E-state index in [1.807, 2.05) is 6.92 Å². The van der Waals surface area contributed by atoms with Gasteiger partial charge in [0.15, 0.2) is 5.96 Å². The molecule has 0 saturated carbocycles. The Morgan fingerprint density at radius 3 is 2.81 bits per heavy atom. The van der Waals surface area contributed by atoms with Crippen molar-refractivity contribution >= 4 is 5.96 Å². The number of guanidine groups is 1. The molecule has 1 fully saturated rings. The predicted octanol–water partition coefficient (Wildman–Crippen LogP) is 2.84. The van der Waals surface area contributed by atoms with Crippen LogP contribution < -0.4 is 20.1 Å². The quantitative estimate of drug-likeness (QED) is 0.507. The molecule has 27 heavy (non-hydrogen) atoms. The zero-order valence-corrected chi connectivity index (χ0v) is 16.3. The number of benzene rings is 1. The Morgan fingerprint density at radius 1 is 1.33 bits per heavy atom. The number of hydrogen-bond acceptors (Lipinski definition) is 4. The number of alkyl halides is 2. The average Bonchev–Trinajstić information content (AvgIpc) is 3.12. The third-order valence-electron chi connectivity index (χ3n) is 4.65. The number of halogens is 2. The van der Waals surface area contributed by atoms with Crippen LogP contribution in [0.15, 0.2) is 23.2 Å². The van der Waals surface area contributed by atoms with Crippen molar-refractivity contribution in [3.05, 3.63) is 23.8 Å². The smallest absolute Gasteiger partial charge is 0.387 e. The topological polar surface area (TPSA) is 58.1 Å². The molecule has 1 aromatic rings. The standard InChI is InChI=1S/C19H30F2N4O2/c1-4-22-19(24-13-15-7-6-10-25(15)5-2)23-12-14-11-16(26-3)8-9-17(14)27-18(20)21/h8-9,11,15,18H,4-7,10,12-13H2,1-3H3,(H2,22,23,24). The molecule has 152 valence electrons. The molecule has 6 nitrogen and oxygen atoms in total. The summed E-state index contributed by atoms with van der Waals surface area (Å²) in [6, 6.07) is 5.23. The molecule has 0 radical (unpaired) electrons. The zero-order chi connectivity index (χ0) is 19.6. The second-order valence-corrected chi connectivity index (χ2v) is 6.35. The molecule has 0 aromatic heterocycles. The maximum atomic E-state index is 12.6. The molecule has 1 heterocycles. The lowest BCUT2D eigenvalue weighted by molar-refractivity contribution is -0.0504. The second kappa shape index (κ2) is 10.9. The minimum absolute atomic E-state index is 0.110. The summed E-state index contributed by atoms with van der Waals surface area (Å²) in [6.45, 7) is 5.18. The fraction of sp³-hybridized carbons (Fsp3) is 0.632. The van der Waals surface area contributed by atoms with E-state index in [-0.39, 0.29) is 12.3 Å². The molecule has 0 amide bonds. The molecule has 1 aromatic carbocycles. The van der Waals surface area contributed by atoms with E-state index in [9.17, 15) is 8.78 Å². The van der Waals surface area contributed by atoms with E-state index in [1.165, 1.54) is 26.0 Å². The van der Waals surface area contributed by atoms with Gasteiger partial charge in [-0.3, -0.25) is 4.90 Å². The molecule has 8 heteroatoms. The molecule has 0 bridgehead atoms. The maximum Gasteiger partial charge on any atom is 0.387 e. The van der Waals surface area contributed by atoms with Gasteiger partial charge < -0.3 is 20.1 Å². The zero-order valence-electron chi connectivity index (χ0n) is 16.3. The number of aliphatic imine (C=N–C) groups is 1. The van der Waals surface area contributed by atoms with Gasteiger partial charge >= 0.3 is 6.61 Å². The van der Waals surface area contributed by atoms with E-state index in [2.05, 4.69) is 32.2 Å². The van der Waals surface area contributed by atoms with E-state index in [0.29, 0.717) is 29.9 Å². The minimum Gasteiger partial charge on any atom is -0.497 e. The van der Waals surface area contributed by atoms with E-state index >= 15 is 0 Å². The highest BCUT2D eigenvalue weighted by atomic mass is 19.3. The van der Waals surface area contributed by atoms with Gasteiger partial charge in [0.25, 0.3) is 0 Å². The Balaban J connectivity index is 2.06. The van der Waals surface area contributed by atoms with Crippen LogP contribution in [0, 0.1) is 0 Å². The van der Waals surface area contributed by atoms with Crippen molar-refractivity contribution < 1.29 is 18.3 Å². The molecular formula is C19H30F2N4O2. The summed E-state index contributed by atoms with van der Waals surface area (Å²) in [4.78, 5) is 6.99. The number of hydrogen-bond donors (Lipinski definition) is 2. The molecule has 1 saturated heterocycles. The van der Waals surface area contributed by atoms with Crippen LogP contribution in [-0.4, -0.2) is 56.8 Å². The Labute approximate surface area is 159 Å². The van der Waals surface area contributed by atoms with Crippen LogP contribution in [0.3, 0.4) is 0 Å². The van der Waals surface area contributed by atoms with Gasteiger partial charge in [0.1, 0.15) is 11.5 Å². The lowest BCUT2D eigenvalue weighted by atomic mass is 10.2. The Morgan fingerprint density at radius 2 is 2.15 bits per heavy atom. The average molecular weight is 384 g/mol. The summed E-state index contributed by atoms with van der Waals surface area (Å²) < 4.78 is 35.1. The summed E-state index contributed by atoms with van der Waals surface area (Å²) in [7, 11) is 1.53. The number of nitrogens with one attached hydrogen (secondary N) is 2. The summed E-state index contributed by atoms with van der Waals surface area (Å²) in [5.74, 6) is 1.34. The van der Waals surface area contributed by atoms with E-state index in [1.54, 1.807) is 12.1 Å². The fourth-order valence-corrected chi connectivity index (χ4v) is 3.28. The number of likely N-dealkylation sites (N-methyl/N-ethyl adjacent to an activating group) is 1. The van der Waals surface area contributed by atoms with Gasteiger partial charge in [-0.2, -0.15) is 8.78 Å². The number of methoxy groups -OCH3 is 1. The third-order valence-corrected chi connectivity index (χ3v) is 4.65. The lowest BCUT2D eigenvalue weighted by Crippen LogP contribution is -2.44. The normalized spacial score (nSPS) is 18.0. The maximum absolute atomic E-state index is 12.6. The molecular weight excluding hydrogens is 354 g/mol. The minimum atomic E-state index is -2.88. The second-order valence-electron chi connectivity index (χ2n) is 6.35. The highest BCUT2D eigenvalue weighted by Gasteiger charge is 2.22. The monoisotopic (exact) mass is 384 g/mol. The summed E-state index contributed by atoms with van der Waals surface area (Å²) in [6.07, 6.45) is 2.38. The van der Waals surface area contributed by atoms with E-state index in [0.717, 1.165) is 19.6 Å². The van der Waals surface area contributed by atoms with Crippen LogP contribution in [0.25, 0.3) is 0 Å². The first-order valence-electron chi connectivity index (χ1n) is 9.45. The highest BCUT2D eigenvalue weighted by molar-refractivity contribution is 5.79. The van der Waals surface area contributed by atoms with Crippen molar-refractivity contribution in [3.63, 3.8) is 0 Å². The van der Waals surface area contributed by atoms with Crippen molar-refractivity contribution in [2.75, 3.05) is 33.3 Å². The Kier molecular flexibility index (Phi) is 8.57. The van der Waals surface area contributed by atoms with Gasteiger partial charge in [-0.15, -0.1) is 0 Å². The first-order valence-corrected chi connectivity index (χ1v) is 9.45. The van der Waals surface area contributed by atoms with E-state index in [4.69, 9.17) is 4.74 Å². The lowest BCUT2D eigenvalue weighted by Gasteiger charge is -2.24. The SMILES string of the molecule is CCNC(=NCc1cc(OC)ccc1OC(F)F)NCC1CCCN1CC. The fourth-order valence-electron chi connectivity index (χ4n) is 3.28. The first-order chi connectivity index (χ1) is 13.1. The van der Waals surface area contributed by atoms with Gasteiger partial charge in [0.05, 0.1) is 13.7 Å². The van der Waals surface area contributed by atoms with Crippen LogP contribution in [0.4, 0.5) is 8.78 Å². The Hall–Kier alpha value is -2.09. The molecule has 2 N–H and O–H groups in total. The van der Waals surface area contributed by atoms with Gasteiger partial charge in [-0.25, -0.2) is 4.99 Å². The largest absolute Gasteiger partial charge is 0.497 e. The molecule has 2 rings (SSSR count). The van der Waals surface area contributed by atoms with Crippen molar-refractivity contribution in [2.45, 2.75) is 45.9 Å². The number of likely N-dealkylation sites (tertiary alicyclic amines) is 1. The van der Waals surface area contributed by atoms with Gasteiger partial charge in [0.2, 0.25) is 0 Å². The summed E-state index contributed by atoms with van der Waals surface area (Å²) in [5, 5.41) is 6.56. The van der Waals surface area contributed by atoms with Crippen LogP contribution >= 0.6 is 0 Å². The summed E-state index contributed by atoms with van der Waals surface area (Å²) >= 11 is 0. The first kappa shape index (κ1) is 21.2. The van der Waals surface area contributed by atoms with Crippen LogP contribution in [0.1, 0.15) is 32.3 Å². The van der Waals surface area contributed by atoms with Crippen molar-refractivity contribution in [2.24, 2.45) is 4.99 Å². The molecule has 1 atom stereocenters. The Bertz CT molecular complexity index is 613. The predicted molar refractivity (Wildman–Crippen MR) is 103 cm³/mol. The summed E-state index contributed by atoms with van der Waals surface area (Å²) in [5.41, 5.74) is 0.544. The number of nitrogens with zero attached hydrogens (tertiary/aromatic N) is 2. The molecule has 0 aliphatic carbocycles. The molecule has 0 spiro atoms. The number of rotatable bonds is 9. The van der Waals surface area contributed by atoms with Crippen molar-refractivity contribution in [1.82, 2.24) is 15.5 Å². The van der Waals surface area contributed by atoms with Gasteiger partial charge in [-0.05, 0) is 51.1 Å². The number of ether oxygens (including phenoxy) is 2. The highest BCUT2D eigenvalue weighted by Crippen LogP contribution is 2.26. The molecule has 1 aliphatic heterocycles. The van der Waals surface area contributed by atoms with Gasteiger partial charge in [0, 0.05) is 24.7 Å². The van der Waals surface area contributed by atoms with Crippen LogP contribution in [0.5, 0.6) is 11.5 Å². The van der Waals surface area contributed by atoms with Crippen LogP contribution in [-0.2, 0) is 6.54 Å². The van der Waals surface area contributed by atoms with Gasteiger partial charge in [-0.1, -0.05) is 6.92 Å². The van der Waals surface area contributed by atoms with Crippen LogP contribution in [0.2, 0.25) is 0 Å². The van der Waals surface area contributed by atoms with E-state index < -0.39 is 6.61 Å². The molecule has 1 unspecified atom stereocenters. The third kappa shape index (κ3) is 6.53. The molecule has 1 aliphatic rings.